The summed E-state index contributed by atoms with van der Waals surface area (Å²) in [5.41, 5.74) is 0. The lowest BCUT2D eigenvalue weighted by Crippen LogP contribution is -2.05. The van der Waals surface area contributed by atoms with Gasteiger partial charge in [-0.2, -0.15) is 0 Å². The highest BCUT2D eigenvalue weighted by Gasteiger charge is 2.00. The Bertz CT molecular complexity index is 308. The zero-order valence-corrected chi connectivity index (χ0v) is 10.4. The van der Waals surface area contributed by atoms with Gasteiger partial charge in [0, 0.05) is 18.6 Å². The van der Waals surface area contributed by atoms with Crippen molar-refractivity contribution in [1.82, 2.24) is 0 Å². The van der Waals surface area contributed by atoms with Gasteiger partial charge >= 0.3 is 17.9 Å². The van der Waals surface area contributed by atoms with E-state index < -0.39 is 17.9 Å². The van der Waals surface area contributed by atoms with Crippen LogP contribution in [-0.4, -0.2) is 36.2 Å². The molecule has 0 spiro atoms. The van der Waals surface area contributed by atoms with Crippen LogP contribution in [0.1, 0.15) is 32.6 Å². The smallest absolute Gasteiger partial charge is 0.331 e. The number of aliphatic carboxylic acids is 1. The lowest BCUT2D eigenvalue weighted by molar-refractivity contribution is -0.140. The Kier molecular flexibility index (Phi) is 9.25. The predicted molar refractivity (Wildman–Crippen MR) is 62.8 cm³/mol. The van der Waals surface area contributed by atoms with Crippen molar-refractivity contribution < 1.29 is 29.0 Å². The summed E-state index contributed by atoms with van der Waals surface area (Å²) in [6.45, 7) is 2.13. The molecule has 0 unspecified atom stereocenters. The molecule has 1 N–H and O–H groups in total. The van der Waals surface area contributed by atoms with Gasteiger partial charge in [0.25, 0.3) is 0 Å². The van der Waals surface area contributed by atoms with Crippen LogP contribution >= 0.6 is 0 Å². The average molecular weight is 258 g/mol. The number of carbonyl (C=O) groups is 3. The SMILES string of the molecule is CCOC(=O)/C=C/C(=O)OCCCCCC(=O)O. The van der Waals surface area contributed by atoms with Crippen LogP contribution in [0, 0.1) is 0 Å². The van der Waals surface area contributed by atoms with Crippen molar-refractivity contribution >= 4 is 17.9 Å². The lowest BCUT2D eigenvalue weighted by atomic mass is 10.2. The second-order valence-electron chi connectivity index (χ2n) is 3.46. The van der Waals surface area contributed by atoms with Crippen molar-refractivity contribution in [2.45, 2.75) is 32.6 Å². The summed E-state index contributed by atoms with van der Waals surface area (Å²) >= 11 is 0. The number of esters is 2. The van der Waals surface area contributed by atoms with E-state index in [1.165, 1.54) is 0 Å². The van der Waals surface area contributed by atoms with Gasteiger partial charge in [-0.05, 0) is 26.2 Å². The van der Waals surface area contributed by atoms with Crippen molar-refractivity contribution in [3.8, 4) is 0 Å². The topological polar surface area (TPSA) is 89.9 Å². The summed E-state index contributed by atoms with van der Waals surface area (Å²) in [6, 6.07) is 0. The third kappa shape index (κ3) is 10.7. The molecule has 0 fully saturated rings. The summed E-state index contributed by atoms with van der Waals surface area (Å²) in [6.07, 6.45) is 3.99. The highest BCUT2D eigenvalue weighted by Crippen LogP contribution is 2.00. The Balaban J connectivity index is 3.53. The van der Waals surface area contributed by atoms with Crippen LogP contribution in [0.4, 0.5) is 0 Å². The molecule has 0 bridgehead atoms. The molecule has 0 saturated heterocycles. The van der Waals surface area contributed by atoms with Gasteiger partial charge in [0.05, 0.1) is 13.2 Å². The number of rotatable bonds is 9. The molecule has 6 heteroatoms. The van der Waals surface area contributed by atoms with Gasteiger partial charge in [-0.1, -0.05) is 0 Å². The molecule has 0 heterocycles. The molecule has 0 aliphatic heterocycles. The molecule has 18 heavy (non-hydrogen) atoms. The molecule has 0 aromatic heterocycles. The van der Waals surface area contributed by atoms with Gasteiger partial charge < -0.3 is 14.6 Å². The predicted octanol–water partition coefficient (Wildman–Crippen LogP) is 1.29. The fourth-order valence-corrected chi connectivity index (χ4v) is 1.10. The standard InChI is InChI=1S/C12H18O6/c1-2-17-11(15)7-8-12(16)18-9-5-3-4-6-10(13)14/h7-8H,2-6,9H2,1H3,(H,13,14)/b8-7+. The maximum Gasteiger partial charge on any atom is 0.331 e. The third-order valence-electron chi connectivity index (χ3n) is 1.92. The van der Waals surface area contributed by atoms with Crippen LogP contribution in [-0.2, 0) is 23.9 Å². The highest BCUT2D eigenvalue weighted by molar-refractivity contribution is 5.91. The van der Waals surface area contributed by atoms with E-state index in [0.717, 1.165) is 12.2 Å². The van der Waals surface area contributed by atoms with E-state index in [2.05, 4.69) is 4.74 Å². The number of carboxylic acids is 1. The maximum atomic E-state index is 11.1. The zero-order chi connectivity index (χ0) is 13.8. The van der Waals surface area contributed by atoms with Crippen LogP contribution in [0.3, 0.4) is 0 Å². The van der Waals surface area contributed by atoms with Gasteiger partial charge in [-0.3, -0.25) is 4.79 Å². The first-order valence-electron chi connectivity index (χ1n) is 5.79. The maximum absolute atomic E-state index is 11.1. The first-order chi connectivity index (χ1) is 8.56. The Morgan fingerprint density at radius 1 is 1.00 bits per heavy atom. The number of carbonyl (C=O) groups excluding carboxylic acids is 2. The first kappa shape index (κ1) is 16.1. The van der Waals surface area contributed by atoms with Gasteiger partial charge in [0.1, 0.15) is 0 Å². The molecule has 6 nitrogen and oxygen atoms in total. The van der Waals surface area contributed by atoms with E-state index in [1.54, 1.807) is 6.92 Å². The molecule has 0 amide bonds. The van der Waals surface area contributed by atoms with E-state index in [1.807, 2.05) is 0 Å². The average Bonchev–Trinajstić information content (AvgIpc) is 2.31. The number of unbranched alkanes of at least 4 members (excludes halogenated alkanes) is 2. The van der Waals surface area contributed by atoms with Crippen LogP contribution in [0.15, 0.2) is 12.2 Å². The minimum Gasteiger partial charge on any atom is -0.481 e. The summed E-state index contributed by atoms with van der Waals surface area (Å²) in [7, 11) is 0. The van der Waals surface area contributed by atoms with Crippen molar-refractivity contribution in [2.75, 3.05) is 13.2 Å². The van der Waals surface area contributed by atoms with E-state index in [4.69, 9.17) is 9.84 Å². The lowest BCUT2D eigenvalue weighted by Gasteiger charge is -2.01. The molecule has 0 aromatic carbocycles. The second kappa shape index (κ2) is 10.3. The monoisotopic (exact) mass is 258 g/mol. The van der Waals surface area contributed by atoms with Gasteiger partial charge in [-0.15, -0.1) is 0 Å². The number of ether oxygens (including phenoxy) is 2. The second-order valence-corrected chi connectivity index (χ2v) is 3.46. The molecular formula is C12H18O6. The minimum absolute atomic E-state index is 0.122. The third-order valence-corrected chi connectivity index (χ3v) is 1.92. The fourth-order valence-electron chi connectivity index (χ4n) is 1.10. The molecule has 0 aliphatic rings. The number of hydrogen-bond acceptors (Lipinski definition) is 5. The zero-order valence-electron chi connectivity index (χ0n) is 10.4. The van der Waals surface area contributed by atoms with Crippen molar-refractivity contribution in [3.05, 3.63) is 12.2 Å². The van der Waals surface area contributed by atoms with E-state index in [0.29, 0.717) is 19.3 Å². The molecule has 0 aliphatic carbocycles. The summed E-state index contributed by atoms with van der Waals surface area (Å²) in [4.78, 5) is 32.1. The highest BCUT2D eigenvalue weighted by atomic mass is 16.5. The minimum atomic E-state index is -0.829. The van der Waals surface area contributed by atoms with Gasteiger partial charge in [0.2, 0.25) is 0 Å². The molecule has 102 valence electrons. The van der Waals surface area contributed by atoms with E-state index in [9.17, 15) is 14.4 Å². The molecule has 0 aromatic rings. The normalized spacial score (nSPS) is 10.3. The van der Waals surface area contributed by atoms with Crippen LogP contribution in [0.25, 0.3) is 0 Å². The van der Waals surface area contributed by atoms with E-state index in [-0.39, 0.29) is 19.6 Å². The van der Waals surface area contributed by atoms with Crippen LogP contribution < -0.4 is 0 Å². The molecule has 0 saturated carbocycles. The Morgan fingerprint density at radius 2 is 1.61 bits per heavy atom. The molecular weight excluding hydrogens is 240 g/mol. The Labute approximate surface area is 106 Å². The van der Waals surface area contributed by atoms with Gasteiger partial charge in [-0.25, -0.2) is 9.59 Å². The van der Waals surface area contributed by atoms with Gasteiger partial charge in [0.15, 0.2) is 0 Å². The van der Waals surface area contributed by atoms with E-state index >= 15 is 0 Å². The van der Waals surface area contributed by atoms with Crippen molar-refractivity contribution in [2.24, 2.45) is 0 Å². The Hall–Kier alpha value is -1.85. The fraction of sp³-hybridized carbons (Fsp3) is 0.583. The first-order valence-corrected chi connectivity index (χ1v) is 5.79. The van der Waals surface area contributed by atoms with Crippen molar-refractivity contribution in [1.29, 1.82) is 0 Å². The molecule has 0 rings (SSSR count). The summed E-state index contributed by atoms with van der Waals surface area (Å²) in [5, 5.41) is 8.39. The van der Waals surface area contributed by atoms with Crippen molar-refractivity contribution in [3.63, 3.8) is 0 Å². The van der Waals surface area contributed by atoms with Crippen LogP contribution in [0.5, 0.6) is 0 Å². The quantitative estimate of drug-likeness (QED) is 0.381. The van der Waals surface area contributed by atoms with Crippen LogP contribution in [0.2, 0.25) is 0 Å². The molecule has 0 atom stereocenters. The largest absolute Gasteiger partial charge is 0.481 e. The summed E-state index contributed by atoms with van der Waals surface area (Å²) in [5.74, 6) is -2.03. The summed E-state index contributed by atoms with van der Waals surface area (Å²) < 4.78 is 9.38. The Morgan fingerprint density at radius 3 is 2.17 bits per heavy atom. The number of hydrogen-bond donors (Lipinski definition) is 1. The number of carboxylic acid groups (broad SMARTS) is 1. The molecule has 0 radical (unpaired) electrons.